The van der Waals surface area contributed by atoms with Gasteiger partial charge in [-0.25, -0.2) is 5.43 Å². The van der Waals surface area contributed by atoms with E-state index in [-0.39, 0.29) is 18.9 Å². The lowest BCUT2D eigenvalue weighted by atomic mass is 10.2. The molecule has 2 rings (SSSR count). The molecule has 0 saturated heterocycles. The minimum absolute atomic E-state index is 0.0934. The van der Waals surface area contributed by atoms with Crippen molar-refractivity contribution in [1.29, 1.82) is 0 Å². The molecule has 9 heteroatoms. The summed E-state index contributed by atoms with van der Waals surface area (Å²) in [6, 6.07) is 11.8. The topological polar surface area (TPSA) is 83.0 Å². The van der Waals surface area contributed by atoms with Crippen LogP contribution < -0.4 is 20.4 Å². The molecule has 0 heterocycles. The predicted molar refractivity (Wildman–Crippen MR) is 140 cm³/mol. The van der Waals surface area contributed by atoms with Gasteiger partial charge in [0, 0.05) is 35.5 Å². The fourth-order valence-corrected chi connectivity index (χ4v) is 4.13. The molecule has 2 amide bonds. The van der Waals surface area contributed by atoms with Gasteiger partial charge >= 0.3 is 0 Å². The molecule has 0 saturated carbocycles. The van der Waals surface area contributed by atoms with Gasteiger partial charge in [-0.1, -0.05) is 28.1 Å². The summed E-state index contributed by atoms with van der Waals surface area (Å²) in [6.45, 7) is 10.0. The number of hydrogen-bond acceptors (Lipinski definition) is 5. The van der Waals surface area contributed by atoms with Crippen LogP contribution in [0.4, 0.5) is 5.69 Å². The second-order valence-corrected chi connectivity index (χ2v) is 9.20. The Morgan fingerprint density at radius 2 is 1.70 bits per heavy atom. The second kappa shape index (κ2) is 13.3. The number of hydrazone groups is 1. The van der Waals surface area contributed by atoms with Crippen LogP contribution >= 0.6 is 31.9 Å². The maximum atomic E-state index is 12.2. The predicted octanol–water partition coefficient (Wildman–Crippen LogP) is 4.94. The summed E-state index contributed by atoms with van der Waals surface area (Å²) in [5.74, 6) is -0.00424. The van der Waals surface area contributed by atoms with Crippen LogP contribution in [0.25, 0.3) is 0 Å². The third kappa shape index (κ3) is 8.81. The third-order valence-electron chi connectivity index (χ3n) is 4.91. The van der Waals surface area contributed by atoms with Crippen LogP contribution in [0.3, 0.4) is 0 Å². The third-order valence-corrected chi connectivity index (χ3v) is 6.39. The average molecular weight is 582 g/mol. The fraction of sp³-hybridized carbons (Fsp3) is 0.375. The molecule has 0 fully saturated rings. The molecule has 0 aromatic heterocycles. The Morgan fingerprint density at radius 3 is 2.33 bits per heavy atom. The molecule has 0 aliphatic heterocycles. The van der Waals surface area contributed by atoms with Crippen molar-refractivity contribution in [3.05, 3.63) is 56.5 Å². The van der Waals surface area contributed by atoms with Gasteiger partial charge in [0.2, 0.25) is 5.91 Å². The standard InChI is InChI=1S/C24H30Br2N4O3/c1-5-30(6-2)19-9-7-18(8-10-19)14-27-23(31)12-17(4)28-29-24(32)15-33-22-11-16(3)20(25)13-21(22)26/h7-11,13H,5-6,12,14-15H2,1-4H3,(H,27,31)(H,29,32)/b28-17-. The van der Waals surface area contributed by atoms with Crippen LogP contribution in [0, 0.1) is 6.92 Å². The van der Waals surface area contributed by atoms with E-state index in [0.717, 1.165) is 33.2 Å². The van der Waals surface area contributed by atoms with Crippen LogP contribution in [0.1, 0.15) is 38.3 Å². The van der Waals surface area contributed by atoms with E-state index >= 15 is 0 Å². The number of carbonyl (C=O) groups is 2. The van der Waals surface area contributed by atoms with E-state index in [2.05, 4.69) is 78.6 Å². The Labute approximate surface area is 212 Å². The van der Waals surface area contributed by atoms with E-state index in [1.165, 1.54) is 5.69 Å². The minimum Gasteiger partial charge on any atom is -0.483 e. The van der Waals surface area contributed by atoms with Crippen molar-refractivity contribution in [3.63, 3.8) is 0 Å². The summed E-state index contributed by atoms with van der Waals surface area (Å²) in [7, 11) is 0. The molecule has 2 aromatic rings. The quantitative estimate of drug-likeness (QED) is 0.291. The van der Waals surface area contributed by atoms with Gasteiger partial charge in [0.1, 0.15) is 5.75 Å². The highest BCUT2D eigenvalue weighted by molar-refractivity contribution is 9.11. The first-order valence-corrected chi connectivity index (χ1v) is 12.3. The molecule has 0 radical (unpaired) electrons. The fourth-order valence-electron chi connectivity index (χ4n) is 3.02. The zero-order valence-corrected chi connectivity index (χ0v) is 22.5. The summed E-state index contributed by atoms with van der Waals surface area (Å²) >= 11 is 6.85. The molecule has 2 aromatic carbocycles. The lowest BCUT2D eigenvalue weighted by Crippen LogP contribution is -2.28. The van der Waals surface area contributed by atoms with Crippen molar-refractivity contribution < 1.29 is 14.3 Å². The van der Waals surface area contributed by atoms with Gasteiger partial charge < -0.3 is 15.0 Å². The van der Waals surface area contributed by atoms with E-state index in [0.29, 0.717) is 18.0 Å². The molecule has 0 unspecified atom stereocenters. The van der Waals surface area contributed by atoms with Crippen molar-refractivity contribution in [2.75, 3.05) is 24.6 Å². The van der Waals surface area contributed by atoms with Crippen LogP contribution in [0.15, 0.2) is 50.4 Å². The maximum Gasteiger partial charge on any atom is 0.277 e. The highest BCUT2D eigenvalue weighted by Gasteiger charge is 2.09. The Hall–Kier alpha value is -2.39. The Morgan fingerprint density at radius 1 is 1.03 bits per heavy atom. The number of aryl methyl sites for hydroxylation is 1. The van der Waals surface area contributed by atoms with Crippen molar-refractivity contribution >= 4 is 55.1 Å². The van der Waals surface area contributed by atoms with E-state index in [1.807, 2.05) is 31.2 Å². The highest BCUT2D eigenvalue weighted by atomic mass is 79.9. The number of nitrogens with zero attached hydrogens (tertiary/aromatic N) is 2. The van der Waals surface area contributed by atoms with Crippen molar-refractivity contribution in [1.82, 2.24) is 10.7 Å². The first kappa shape index (κ1) is 26.9. The van der Waals surface area contributed by atoms with Gasteiger partial charge in [0.25, 0.3) is 5.91 Å². The average Bonchev–Trinajstić information content (AvgIpc) is 2.79. The first-order chi connectivity index (χ1) is 15.7. The number of benzene rings is 2. The summed E-state index contributed by atoms with van der Waals surface area (Å²) in [5, 5.41) is 6.86. The van der Waals surface area contributed by atoms with Crippen molar-refractivity contribution in [3.8, 4) is 5.75 Å². The normalized spacial score (nSPS) is 11.2. The molecule has 2 N–H and O–H groups in total. The summed E-state index contributed by atoms with van der Waals surface area (Å²) in [4.78, 5) is 26.5. The largest absolute Gasteiger partial charge is 0.483 e. The van der Waals surface area contributed by atoms with Crippen LogP contribution in [0.5, 0.6) is 5.75 Å². The van der Waals surface area contributed by atoms with E-state index in [9.17, 15) is 9.59 Å². The number of hydrogen-bond donors (Lipinski definition) is 2. The summed E-state index contributed by atoms with van der Waals surface area (Å²) in [5.41, 5.74) is 6.10. The van der Waals surface area contributed by atoms with Crippen LogP contribution in [-0.4, -0.2) is 37.2 Å². The molecule has 33 heavy (non-hydrogen) atoms. The Bertz CT molecular complexity index is 990. The zero-order valence-electron chi connectivity index (χ0n) is 19.4. The molecule has 178 valence electrons. The van der Waals surface area contributed by atoms with Crippen molar-refractivity contribution in [2.45, 2.75) is 40.7 Å². The summed E-state index contributed by atoms with van der Waals surface area (Å²) in [6.07, 6.45) is 0.0934. The Kier molecular flexibility index (Phi) is 10.9. The number of ether oxygens (including phenoxy) is 1. The molecular weight excluding hydrogens is 552 g/mol. The van der Waals surface area contributed by atoms with Crippen LogP contribution in [0.2, 0.25) is 0 Å². The zero-order chi connectivity index (χ0) is 24.4. The molecule has 0 atom stereocenters. The highest BCUT2D eigenvalue weighted by Crippen LogP contribution is 2.31. The number of halogens is 2. The van der Waals surface area contributed by atoms with E-state index in [1.54, 1.807) is 6.92 Å². The van der Waals surface area contributed by atoms with Crippen LogP contribution in [-0.2, 0) is 16.1 Å². The van der Waals surface area contributed by atoms with E-state index in [4.69, 9.17) is 4.74 Å². The number of amides is 2. The Balaban J connectivity index is 1.75. The van der Waals surface area contributed by atoms with Crippen molar-refractivity contribution in [2.24, 2.45) is 5.10 Å². The molecule has 7 nitrogen and oxygen atoms in total. The lowest BCUT2D eigenvalue weighted by Gasteiger charge is -2.21. The molecule has 0 spiro atoms. The molecular formula is C24H30Br2N4O3. The smallest absolute Gasteiger partial charge is 0.277 e. The summed E-state index contributed by atoms with van der Waals surface area (Å²) < 4.78 is 7.23. The minimum atomic E-state index is -0.407. The number of anilines is 1. The number of rotatable bonds is 11. The van der Waals surface area contributed by atoms with Gasteiger partial charge in [0.05, 0.1) is 10.9 Å². The first-order valence-electron chi connectivity index (χ1n) is 10.7. The van der Waals surface area contributed by atoms with Gasteiger partial charge in [0.15, 0.2) is 6.61 Å². The number of nitrogens with one attached hydrogen (secondary N) is 2. The van der Waals surface area contributed by atoms with Gasteiger partial charge in [-0.3, -0.25) is 9.59 Å². The molecule has 0 aliphatic rings. The van der Waals surface area contributed by atoms with Gasteiger partial charge in [-0.05, 0) is 79.0 Å². The molecule has 0 bridgehead atoms. The monoisotopic (exact) mass is 580 g/mol. The maximum absolute atomic E-state index is 12.2. The number of carbonyl (C=O) groups excluding carboxylic acids is 2. The second-order valence-electron chi connectivity index (χ2n) is 7.49. The molecule has 0 aliphatic carbocycles. The van der Waals surface area contributed by atoms with Gasteiger partial charge in [-0.15, -0.1) is 0 Å². The lowest BCUT2D eigenvalue weighted by molar-refractivity contribution is -0.123. The van der Waals surface area contributed by atoms with Gasteiger partial charge in [-0.2, -0.15) is 5.10 Å². The van der Waals surface area contributed by atoms with E-state index < -0.39 is 5.91 Å². The SMILES string of the molecule is CCN(CC)c1ccc(CNC(=O)C/C(C)=N\NC(=O)COc2cc(C)c(Br)cc2Br)cc1.